The van der Waals surface area contributed by atoms with E-state index in [1.54, 1.807) is 30.9 Å². The van der Waals surface area contributed by atoms with Gasteiger partial charge in [-0.25, -0.2) is 14.0 Å². The summed E-state index contributed by atoms with van der Waals surface area (Å²) in [5, 5.41) is 2.97. The van der Waals surface area contributed by atoms with E-state index in [0.29, 0.717) is 62.2 Å². The molecule has 8 nitrogen and oxygen atoms in total. The number of anilines is 2. The van der Waals surface area contributed by atoms with E-state index in [1.165, 1.54) is 11.0 Å². The van der Waals surface area contributed by atoms with Crippen molar-refractivity contribution in [3.63, 3.8) is 0 Å². The number of ether oxygens (including phenoxy) is 2. The standard InChI is InChI=1S/C19H25FN4O4S/c1-3-27-18(25)23-8-6-22(7-9-23)17-5-4-14(10-16(17)20)24-12-15(28-19(24)26)11-21-13(2)29/h4-5,10,15H,3,6-9,11-12H2,1-2H3,(H,21,29)/t15-/m0/s1. The molecular formula is C19H25FN4O4S. The van der Waals surface area contributed by atoms with Gasteiger partial charge in [-0.05, 0) is 32.0 Å². The van der Waals surface area contributed by atoms with Crippen LogP contribution in [-0.4, -0.2) is 74.1 Å². The van der Waals surface area contributed by atoms with Crippen LogP contribution in [0.4, 0.5) is 25.4 Å². The molecule has 0 spiro atoms. The molecular weight excluding hydrogens is 399 g/mol. The number of amides is 2. The summed E-state index contributed by atoms with van der Waals surface area (Å²) in [6.07, 6.45) is -1.20. The van der Waals surface area contributed by atoms with E-state index in [1.807, 2.05) is 4.90 Å². The molecule has 2 fully saturated rings. The minimum Gasteiger partial charge on any atom is -0.450 e. The second-order valence-corrected chi connectivity index (χ2v) is 7.47. The zero-order valence-corrected chi connectivity index (χ0v) is 17.3. The van der Waals surface area contributed by atoms with Crippen molar-refractivity contribution in [2.45, 2.75) is 20.0 Å². The van der Waals surface area contributed by atoms with Crippen molar-refractivity contribution in [1.29, 1.82) is 0 Å². The number of nitrogens with one attached hydrogen (secondary N) is 1. The lowest BCUT2D eigenvalue weighted by molar-refractivity contribution is 0.105. The number of carbonyl (C=O) groups is 2. The summed E-state index contributed by atoms with van der Waals surface area (Å²) in [4.78, 5) is 29.5. The lowest BCUT2D eigenvalue weighted by Gasteiger charge is -2.35. The smallest absolute Gasteiger partial charge is 0.414 e. The van der Waals surface area contributed by atoms with Crippen LogP contribution in [-0.2, 0) is 9.47 Å². The summed E-state index contributed by atoms with van der Waals surface area (Å²) in [7, 11) is 0. The maximum Gasteiger partial charge on any atom is 0.414 e. The molecule has 1 aromatic carbocycles. The van der Waals surface area contributed by atoms with Gasteiger partial charge in [0.05, 0.1) is 36.1 Å². The molecule has 1 N–H and O–H groups in total. The van der Waals surface area contributed by atoms with E-state index in [9.17, 15) is 14.0 Å². The van der Waals surface area contributed by atoms with Crippen LogP contribution < -0.4 is 15.1 Å². The molecule has 158 valence electrons. The number of halogens is 1. The molecule has 1 aromatic rings. The van der Waals surface area contributed by atoms with Crippen LogP contribution in [0.5, 0.6) is 0 Å². The molecule has 2 saturated heterocycles. The largest absolute Gasteiger partial charge is 0.450 e. The van der Waals surface area contributed by atoms with E-state index in [2.05, 4.69) is 5.32 Å². The van der Waals surface area contributed by atoms with Crippen LogP contribution in [0, 0.1) is 5.82 Å². The lowest BCUT2D eigenvalue weighted by Crippen LogP contribution is -2.49. The van der Waals surface area contributed by atoms with Gasteiger partial charge in [0.2, 0.25) is 0 Å². The Morgan fingerprint density at radius 1 is 1.34 bits per heavy atom. The van der Waals surface area contributed by atoms with Gasteiger partial charge in [0.15, 0.2) is 0 Å². The molecule has 0 saturated carbocycles. The molecule has 2 heterocycles. The van der Waals surface area contributed by atoms with Gasteiger partial charge in [0, 0.05) is 26.2 Å². The molecule has 0 unspecified atom stereocenters. The van der Waals surface area contributed by atoms with Gasteiger partial charge in [-0.3, -0.25) is 4.90 Å². The third kappa shape index (κ3) is 5.06. The molecule has 0 bridgehead atoms. The molecule has 0 radical (unpaired) electrons. The first-order chi connectivity index (χ1) is 13.9. The fourth-order valence-electron chi connectivity index (χ4n) is 3.36. The fraction of sp³-hybridized carbons (Fsp3) is 0.526. The first-order valence-corrected chi connectivity index (χ1v) is 9.98. The molecule has 2 amide bonds. The number of cyclic esters (lactones) is 1. The van der Waals surface area contributed by atoms with Gasteiger partial charge < -0.3 is 24.6 Å². The van der Waals surface area contributed by atoms with E-state index >= 15 is 0 Å². The summed E-state index contributed by atoms with van der Waals surface area (Å²) in [6.45, 7) is 6.53. The van der Waals surface area contributed by atoms with Gasteiger partial charge in [-0.2, -0.15) is 0 Å². The average Bonchev–Trinajstić information content (AvgIpc) is 3.07. The third-order valence-electron chi connectivity index (χ3n) is 4.84. The van der Waals surface area contributed by atoms with Crippen LogP contribution in [0.15, 0.2) is 18.2 Å². The van der Waals surface area contributed by atoms with Crippen molar-refractivity contribution in [2.75, 3.05) is 55.7 Å². The van der Waals surface area contributed by atoms with Gasteiger partial charge in [0.1, 0.15) is 11.9 Å². The molecule has 3 rings (SSSR count). The number of hydrogen-bond donors (Lipinski definition) is 1. The van der Waals surface area contributed by atoms with Crippen molar-refractivity contribution < 1.29 is 23.5 Å². The van der Waals surface area contributed by atoms with Gasteiger partial charge >= 0.3 is 12.2 Å². The summed E-state index contributed by atoms with van der Waals surface area (Å²) in [6, 6.07) is 4.71. The maximum atomic E-state index is 14.8. The summed E-state index contributed by atoms with van der Waals surface area (Å²) in [5.41, 5.74) is 0.891. The Bertz CT molecular complexity index is 785. The topological polar surface area (TPSA) is 74.3 Å². The number of piperazine rings is 1. The highest BCUT2D eigenvalue weighted by Gasteiger charge is 2.33. The van der Waals surface area contributed by atoms with Crippen LogP contribution in [0.2, 0.25) is 0 Å². The second kappa shape index (κ2) is 9.25. The van der Waals surface area contributed by atoms with Crippen LogP contribution in [0.1, 0.15) is 13.8 Å². The zero-order valence-electron chi connectivity index (χ0n) is 16.5. The molecule has 2 aliphatic rings. The summed E-state index contributed by atoms with van der Waals surface area (Å²) < 4.78 is 25.1. The predicted molar refractivity (Wildman–Crippen MR) is 111 cm³/mol. The van der Waals surface area contributed by atoms with E-state index in [4.69, 9.17) is 21.7 Å². The lowest BCUT2D eigenvalue weighted by atomic mass is 10.2. The second-order valence-electron chi connectivity index (χ2n) is 6.86. The number of hydrogen-bond acceptors (Lipinski definition) is 6. The zero-order chi connectivity index (χ0) is 21.0. The van der Waals surface area contributed by atoms with E-state index in [-0.39, 0.29) is 12.2 Å². The Balaban J connectivity index is 1.62. The van der Waals surface area contributed by atoms with Crippen molar-refractivity contribution >= 4 is 40.8 Å². The Hall–Kier alpha value is -2.62. The molecule has 1 atom stereocenters. The number of thiocarbonyl (C=S) groups is 1. The summed E-state index contributed by atoms with van der Waals surface area (Å²) >= 11 is 4.96. The van der Waals surface area contributed by atoms with Crippen molar-refractivity contribution in [1.82, 2.24) is 10.2 Å². The number of rotatable bonds is 5. The number of benzene rings is 1. The number of nitrogens with zero attached hydrogens (tertiary/aromatic N) is 3. The van der Waals surface area contributed by atoms with Crippen molar-refractivity contribution in [3.8, 4) is 0 Å². The molecule has 0 aromatic heterocycles. The molecule has 10 heteroatoms. The van der Waals surface area contributed by atoms with Crippen LogP contribution in [0.25, 0.3) is 0 Å². The number of carbonyl (C=O) groups excluding carboxylic acids is 2. The predicted octanol–water partition coefficient (Wildman–Crippen LogP) is 2.37. The van der Waals surface area contributed by atoms with E-state index < -0.39 is 11.9 Å². The minimum atomic E-state index is -0.506. The third-order valence-corrected chi connectivity index (χ3v) is 4.99. The molecule has 2 aliphatic heterocycles. The van der Waals surface area contributed by atoms with E-state index in [0.717, 1.165) is 0 Å². The minimum absolute atomic E-state index is 0.325. The monoisotopic (exact) mass is 424 g/mol. The molecule has 29 heavy (non-hydrogen) atoms. The van der Waals surface area contributed by atoms with Crippen LogP contribution in [0.3, 0.4) is 0 Å². The SMILES string of the molecule is CCOC(=O)N1CCN(c2ccc(N3C[C@H](CNC(C)=S)OC3=O)cc2F)CC1. The maximum absolute atomic E-state index is 14.8. The van der Waals surface area contributed by atoms with Gasteiger partial charge in [-0.1, -0.05) is 12.2 Å². The Labute approximate surface area is 174 Å². The first kappa shape index (κ1) is 21.1. The van der Waals surface area contributed by atoms with Gasteiger partial charge in [0.25, 0.3) is 0 Å². The average molecular weight is 424 g/mol. The van der Waals surface area contributed by atoms with Crippen molar-refractivity contribution in [3.05, 3.63) is 24.0 Å². The van der Waals surface area contributed by atoms with Gasteiger partial charge in [-0.15, -0.1) is 0 Å². The first-order valence-electron chi connectivity index (χ1n) is 9.57. The quantitative estimate of drug-likeness (QED) is 0.728. The normalized spacial score (nSPS) is 19.2. The van der Waals surface area contributed by atoms with Crippen LogP contribution >= 0.6 is 12.2 Å². The highest BCUT2D eigenvalue weighted by Crippen LogP contribution is 2.28. The Morgan fingerprint density at radius 2 is 2.07 bits per heavy atom. The van der Waals surface area contributed by atoms with Crippen molar-refractivity contribution in [2.24, 2.45) is 0 Å². The fourth-order valence-corrected chi connectivity index (χ4v) is 3.44. The highest BCUT2D eigenvalue weighted by atomic mass is 32.1. The Kier molecular flexibility index (Phi) is 6.73. The highest BCUT2D eigenvalue weighted by molar-refractivity contribution is 7.80. The Morgan fingerprint density at radius 3 is 2.69 bits per heavy atom. The summed E-state index contributed by atoms with van der Waals surface area (Å²) in [5.74, 6) is -0.420. The molecule has 0 aliphatic carbocycles.